The lowest BCUT2D eigenvalue weighted by Gasteiger charge is -2.20. The predicted molar refractivity (Wildman–Crippen MR) is 114 cm³/mol. The first-order valence-electron chi connectivity index (χ1n) is 8.10. The maximum absolute atomic E-state index is 6.24. The van der Waals surface area contributed by atoms with Gasteiger partial charge in [-0.1, -0.05) is 11.6 Å². The minimum absolute atomic E-state index is 0. The molecule has 1 aliphatic heterocycles. The van der Waals surface area contributed by atoms with Gasteiger partial charge in [-0.15, -0.1) is 24.0 Å². The Morgan fingerprint density at radius 1 is 1.40 bits per heavy atom. The lowest BCUT2D eigenvalue weighted by Crippen LogP contribution is -2.44. The summed E-state index contributed by atoms with van der Waals surface area (Å²) in [5.41, 5.74) is 1.21. The topological polar surface area (TPSA) is 57.5 Å². The van der Waals surface area contributed by atoms with Crippen molar-refractivity contribution in [1.29, 1.82) is 0 Å². The second kappa shape index (κ2) is 9.28. The fraction of sp³-hybridized carbons (Fsp3) is 0.412. The molecular formula is C17H24ClIN6. The molecule has 1 unspecified atom stereocenters. The van der Waals surface area contributed by atoms with Gasteiger partial charge >= 0.3 is 0 Å². The molecule has 3 heterocycles. The van der Waals surface area contributed by atoms with Crippen LogP contribution >= 0.6 is 35.6 Å². The first-order valence-corrected chi connectivity index (χ1v) is 8.48. The number of nitrogens with one attached hydrogen (secondary N) is 2. The highest BCUT2D eigenvalue weighted by molar-refractivity contribution is 14.0. The van der Waals surface area contributed by atoms with Crippen molar-refractivity contribution in [2.24, 2.45) is 12.0 Å². The van der Waals surface area contributed by atoms with Crippen molar-refractivity contribution in [3.63, 3.8) is 0 Å². The van der Waals surface area contributed by atoms with Gasteiger partial charge in [-0.2, -0.15) is 0 Å². The number of anilines is 1. The van der Waals surface area contributed by atoms with Gasteiger partial charge in [0.1, 0.15) is 5.82 Å². The van der Waals surface area contributed by atoms with Crippen LogP contribution in [0.5, 0.6) is 0 Å². The lowest BCUT2D eigenvalue weighted by atomic mass is 10.3. The molecule has 1 fully saturated rings. The van der Waals surface area contributed by atoms with Crippen LogP contribution in [0, 0.1) is 0 Å². The molecule has 0 amide bonds. The summed E-state index contributed by atoms with van der Waals surface area (Å²) in [7, 11) is 3.83. The average Bonchev–Trinajstić information content (AvgIpc) is 3.21. The highest BCUT2D eigenvalue weighted by atomic mass is 127. The van der Waals surface area contributed by atoms with Crippen LogP contribution in [0.15, 0.2) is 41.7 Å². The number of guanidine groups is 1. The molecule has 8 heteroatoms. The molecule has 0 aliphatic carbocycles. The fourth-order valence-corrected chi connectivity index (χ4v) is 3.16. The molecule has 6 nitrogen and oxygen atoms in total. The van der Waals surface area contributed by atoms with E-state index in [1.807, 2.05) is 31.4 Å². The summed E-state index contributed by atoms with van der Waals surface area (Å²) >= 11 is 6.24. The van der Waals surface area contributed by atoms with E-state index >= 15 is 0 Å². The van der Waals surface area contributed by atoms with E-state index in [1.165, 1.54) is 5.69 Å². The summed E-state index contributed by atoms with van der Waals surface area (Å²) in [6, 6.07) is 8.19. The van der Waals surface area contributed by atoms with Gasteiger partial charge in [-0.25, -0.2) is 4.98 Å². The molecule has 3 rings (SSSR count). The second-order valence-corrected chi connectivity index (χ2v) is 6.33. The number of nitrogens with zero attached hydrogens (tertiary/aromatic N) is 4. The zero-order valence-corrected chi connectivity index (χ0v) is 17.5. The minimum atomic E-state index is 0. The smallest absolute Gasteiger partial charge is 0.191 e. The van der Waals surface area contributed by atoms with Crippen LogP contribution in [0.2, 0.25) is 5.02 Å². The Morgan fingerprint density at radius 2 is 2.24 bits per heavy atom. The molecule has 0 bridgehead atoms. The van der Waals surface area contributed by atoms with E-state index in [-0.39, 0.29) is 24.0 Å². The van der Waals surface area contributed by atoms with Gasteiger partial charge in [0, 0.05) is 51.3 Å². The van der Waals surface area contributed by atoms with Gasteiger partial charge < -0.3 is 20.1 Å². The highest BCUT2D eigenvalue weighted by Gasteiger charge is 2.25. The monoisotopic (exact) mass is 474 g/mol. The minimum Gasteiger partial charge on any atom is -0.353 e. The second-order valence-electron chi connectivity index (χ2n) is 5.92. The molecule has 0 radical (unpaired) electrons. The molecule has 2 N–H and O–H groups in total. The summed E-state index contributed by atoms with van der Waals surface area (Å²) in [4.78, 5) is 10.9. The van der Waals surface area contributed by atoms with Crippen molar-refractivity contribution < 1.29 is 0 Å². The number of pyridine rings is 1. The van der Waals surface area contributed by atoms with Crippen LogP contribution in [-0.4, -0.2) is 41.7 Å². The molecule has 0 aromatic carbocycles. The van der Waals surface area contributed by atoms with E-state index in [4.69, 9.17) is 11.6 Å². The summed E-state index contributed by atoms with van der Waals surface area (Å²) < 4.78 is 2.10. The fourth-order valence-electron chi connectivity index (χ4n) is 2.92. The number of aromatic nitrogens is 2. The first-order chi connectivity index (χ1) is 11.7. The Kier molecular flexibility index (Phi) is 7.37. The van der Waals surface area contributed by atoms with Crippen LogP contribution < -0.4 is 15.5 Å². The maximum Gasteiger partial charge on any atom is 0.191 e. The van der Waals surface area contributed by atoms with Gasteiger partial charge in [0.15, 0.2) is 5.96 Å². The van der Waals surface area contributed by atoms with Gasteiger partial charge in [0.25, 0.3) is 0 Å². The largest absolute Gasteiger partial charge is 0.353 e. The maximum atomic E-state index is 6.24. The molecular weight excluding hydrogens is 451 g/mol. The number of aliphatic imine (C=N–C) groups is 1. The van der Waals surface area contributed by atoms with Gasteiger partial charge in [-0.3, -0.25) is 4.99 Å². The zero-order chi connectivity index (χ0) is 16.9. The molecule has 1 aliphatic rings. The standard InChI is InChI=1S/C17H23ClN6.HI/c1-19-17(21-11-14-5-4-9-23(14)2)22-13-7-10-24(12-13)16-15(18)6-3-8-20-16;/h3-6,8-9,13H,7,10-12H2,1-2H3,(H2,19,21,22);1H. The van der Waals surface area contributed by atoms with Gasteiger partial charge in [0.2, 0.25) is 0 Å². The molecule has 1 atom stereocenters. The third kappa shape index (κ3) is 5.01. The van der Waals surface area contributed by atoms with Gasteiger partial charge in [0.05, 0.1) is 11.6 Å². The van der Waals surface area contributed by atoms with Crippen LogP contribution in [0.25, 0.3) is 0 Å². The third-order valence-electron chi connectivity index (χ3n) is 4.28. The van der Waals surface area contributed by atoms with Crippen molar-refractivity contribution in [3.05, 3.63) is 47.4 Å². The number of rotatable bonds is 4. The van der Waals surface area contributed by atoms with Crippen LogP contribution in [0.3, 0.4) is 0 Å². The normalized spacial score (nSPS) is 17.3. The molecule has 136 valence electrons. The Balaban J connectivity index is 0.00000225. The van der Waals surface area contributed by atoms with Crippen molar-refractivity contribution in [2.75, 3.05) is 25.0 Å². The van der Waals surface area contributed by atoms with Crippen LogP contribution in [0.4, 0.5) is 5.82 Å². The molecule has 1 saturated heterocycles. The SMILES string of the molecule is CN=C(NCc1cccn1C)NC1CCN(c2ncccc2Cl)C1.I. The Hall–Kier alpha value is -1.48. The number of hydrogen-bond donors (Lipinski definition) is 2. The van der Waals surface area contributed by atoms with Gasteiger partial charge in [-0.05, 0) is 30.7 Å². The number of hydrogen-bond acceptors (Lipinski definition) is 3. The van der Waals surface area contributed by atoms with Crippen LogP contribution in [0.1, 0.15) is 12.1 Å². The van der Waals surface area contributed by atoms with Crippen molar-refractivity contribution >= 4 is 47.4 Å². The van der Waals surface area contributed by atoms with Crippen molar-refractivity contribution in [1.82, 2.24) is 20.2 Å². The Morgan fingerprint density at radius 3 is 2.92 bits per heavy atom. The summed E-state index contributed by atoms with van der Waals surface area (Å²) in [6.45, 7) is 2.54. The molecule has 0 spiro atoms. The van der Waals surface area contributed by atoms with E-state index in [9.17, 15) is 0 Å². The summed E-state index contributed by atoms with van der Waals surface area (Å²) in [5.74, 6) is 1.67. The number of halogens is 2. The molecule has 25 heavy (non-hydrogen) atoms. The predicted octanol–water partition coefficient (Wildman–Crippen LogP) is 2.64. The molecule has 0 saturated carbocycles. The van der Waals surface area contributed by atoms with E-state index in [0.29, 0.717) is 11.1 Å². The number of aryl methyl sites for hydroxylation is 1. The molecule has 2 aromatic heterocycles. The molecule has 2 aromatic rings. The Bertz CT molecular complexity index is 717. The summed E-state index contributed by atoms with van der Waals surface area (Å²) in [5, 5.41) is 7.55. The van der Waals surface area contributed by atoms with Crippen molar-refractivity contribution in [2.45, 2.75) is 19.0 Å². The Labute approximate surface area is 170 Å². The van der Waals surface area contributed by atoms with Crippen LogP contribution in [-0.2, 0) is 13.6 Å². The van der Waals surface area contributed by atoms with E-state index in [0.717, 1.165) is 37.8 Å². The third-order valence-corrected chi connectivity index (χ3v) is 4.57. The average molecular weight is 475 g/mol. The zero-order valence-electron chi connectivity index (χ0n) is 14.4. The first kappa shape index (κ1) is 19.8. The van der Waals surface area contributed by atoms with E-state index in [1.54, 1.807) is 13.2 Å². The van der Waals surface area contributed by atoms with E-state index in [2.05, 4.69) is 36.1 Å². The highest BCUT2D eigenvalue weighted by Crippen LogP contribution is 2.25. The van der Waals surface area contributed by atoms with E-state index < -0.39 is 0 Å². The quantitative estimate of drug-likeness (QED) is 0.406. The summed E-state index contributed by atoms with van der Waals surface area (Å²) in [6.07, 6.45) is 4.85. The lowest BCUT2D eigenvalue weighted by molar-refractivity contribution is 0.643. The van der Waals surface area contributed by atoms with Crippen molar-refractivity contribution in [3.8, 4) is 0 Å².